The van der Waals surface area contributed by atoms with Crippen LogP contribution < -0.4 is 0 Å². The van der Waals surface area contributed by atoms with Crippen molar-refractivity contribution in [2.45, 2.75) is 77.6 Å². The predicted molar refractivity (Wildman–Crippen MR) is 96.0 cm³/mol. The highest BCUT2D eigenvalue weighted by molar-refractivity contribution is 5.89. The maximum absolute atomic E-state index is 11.3. The normalized spacial score (nSPS) is 12.1. The number of carbonyl (C=O) groups is 1. The molecule has 0 aliphatic carbocycles. The number of ketones is 1. The number of aliphatic hydroxyl groups is 1. The van der Waals surface area contributed by atoms with Crippen LogP contribution in [-0.2, 0) is 4.79 Å². The molecule has 1 N–H and O–H groups in total. The quantitative estimate of drug-likeness (QED) is 0.245. The van der Waals surface area contributed by atoms with Gasteiger partial charge in [0.05, 0.1) is 6.61 Å². The Labute approximate surface area is 137 Å². The number of allylic oxidation sites excluding steroid dienone is 5. The van der Waals surface area contributed by atoms with Crippen LogP contribution in [0.15, 0.2) is 36.5 Å². The van der Waals surface area contributed by atoms with E-state index in [0.717, 1.165) is 19.3 Å². The summed E-state index contributed by atoms with van der Waals surface area (Å²) in [6, 6.07) is 0. The van der Waals surface area contributed by atoms with Crippen LogP contribution in [0, 0.1) is 0 Å². The molecule has 2 heteroatoms. The molecule has 0 bridgehead atoms. The first-order chi connectivity index (χ1) is 10.8. The summed E-state index contributed by atoms with van der Waals surface area (Å²) in [5.41, 5.74) is 0. The zero-order valence-corrected chi connectivity index (χ0v) is 14.3. The Morgan fingerprint density at radius 2 is 1.45 bits per heavy atom. The van der Waals surface area contributed by atoms with Gasteiger partial charge in [-0.2, -0.15) is 0 Å². The van der Waals surface area contributed by atoms with Gasteiger partial charge < -0.3 is 5.11 Å². The molecule has 0 saturated carbocycles. The van der Waals surface area contributed by atoms with Crippen molar-refractivity contribution in [3.8, 4) is 0 Å². The van der Waals surface area contributed by atoms with E-state index >= 15 is 0 Å². The molecule has 126 valence electrons. The molecule has 0 amide bonds. The molecule has 0 saturated heterocycles. The zero-order chi connectivity index (χ0) is 16.3. The van der Waals surface area contributed by atoms with Gasteiger partial charge in [0.25, 0.3) is 0 Å². The molecule has 0 aromatic carbocycles. The molecule has 0 heterocycles. The highest BCUT2D eigenvalue weighted by Gasteiger charge is 1.96. The SMILES string of the molecule is CCCCC=CCC=CCCCCCCCC(=O)C=CCO. The molecule has 0 rings (SSSR count). The number of unbranched alkanes of at least 4 members (excludes halogenated alkanes) is 7. The maximum atomic E-state index is 11.3. The van der Waals surface area contributed by atoms with E-state index in [1.54, 1.807) is 0 Å². The molecule has 0 spiro atoms. The molecule has 0 aliphatic heterocycles. The summed E-state index contributed by atoms with van der Waals surface area (Å²) in [4.78, 5) is 11.3. The van der Waals surface area contributed by atoms with Crippen LogP contribution in [0.4, 0.5) is 0 Å². The van der Waals surface area contributed by atoms with Crippen LogP contribution in [0.2, 0.25) is 0 Å². The monoisotopic (exact) mass is 306 g/mol. The molecule has 0 atom stereocenters. The molecule has 2 nitrogen and oxygen atoms in total. The average Bonchev–Trinajstić information content (AvgIpc) is 2.53. The van der Waals surface area contributed by atoms with Crippen LogP contribution in [0.1, 0.15) is 77.6 Å². The Kier molecular flexibility index (Phi) is 17.0. The van der Waals surface area contributed by atoms with Crippen molar-refractivity contribution in [3.63, 3.8) is 0 Å². The lowest BCUT2D eigenvalue weighted by atomic mass is 10.1. The molecular weight excluding hydrogens is 272 g/mol. The summed E-state index contributed by atoms with van der Waals surface area (Å²) in [5, 5.41) is 8.56. The standard InChI is InChI=1S/C20H34O2/c1-2-3-4-5-6-7-8-9-10-11-12-13-14-15-17-20(22)18-16-19-21/h5-6,8-9,16,18,21H,2-4,7,10-15,17,19H2,1H3. The van der Waals surface area contributed by atoms with Crippen LogP contribution in [0.25, 0.3) is 0 Å². The summed E-state index contributed by atoms with van der Waals surface area (Å²) < 4.78 is 0. The molecule has 0 aromatic heterocycles. The van der Waals surface area contributed by atoms with Crippen molar-refractivity contribution in [2.24, 2.45) is 0 Å². The summed E-state index contributed by atoms with van der Waals surface area (Å²) in [6.07, 6.45) is 24.5. The fourth-order valence-corrected chi connectivity index (χ4v) is 2.19. The van der Waals surface area contributed by atoms with Gasteiger partial charge in [0.2, 0.25) is 0 Å². The third kappa shape index (κ3) is 16.9. The molecule has 22 heavy (non-hydrogen) atoms. The first kappa shape index (κ1) is 20.9. The van der Waals surface area contributed by atoms with Gasteiger partial charge in [0, 0.05) is 6.42 Å². The maximum Gasteiger partial charge on any atom is 0.155 e. The van der Waals surface area contributed by atoms with Gasteiger partial charge in [-0.3, -0.25) is 4.79 Å². The van der Waals surface area contributed by atoms with E-state index in [2.05, 4.69) is 31.2 Å². The number of hydrogen-bond donors (Lipinski definition) is 1. The fraction of sp³-hybridized carbons (Fsp3) is 0.650. The van der Waals surface area contributed by atoms with E-state index in [1.165, 1.54) is 57.1 Å². The Morgan fingerprint density at radius 3 is 2.14 bits per heavy atom. The Hall–Kier alpha value is -1.15. The van der Waals surface area contributed by atoms with Gasteiger partial charge in [-0.05, 0) is 38.2 Å². The second kappa shape index (κ2) is 17.9. The Morgan fingerprint density at radius 1 is 0.818 bits per heavy atom. The number of carbonyl (C=O) groups excluding carboxylic acids is 1. The predicted octanol–water partition coefficient (Wildman–Crippen LogP) is 5.53. The Balaban J connectivity index is 3.27. The van der Waals surface area contributed by atoms with E-state index < -0.39 is 0 Å². The fourth-order valence-electron chi connectivity index (χ4n) is 2.19. The van der Waals surface area contributed by atoms with Gasteiger partial charge in [-0.1, -0.05) is 69.4 Å². The van der Waals surface area contributed by atoms with Crippen LogP contribution >= 0.6 is 0 Å². The minimum Gasteiger partial charge on any atom is -0.392 e. The minimum absolute atomic E-state index is 0.0478. The highest BCUT2D eigenvalue weighted by Crippen LogP contribution is 2.08. The first-order valence-electron chi connectivity index (χ1n) is 8.91. The van der Waals surface area contributed by atoms with Crippen molar-refractivity contribution in [1.82, 2.24) is 0 Å². The molecule has 0 radical (unpaired) electrons. The van der Waals surface area contributed by atoms with Crippen LogP contribution in [-0.4, -0.2) is 17.5 Å². The average molecular weight is 306 g/mol. The first-order valence-corrected chi connectivity index (χ1v) is 8.91. The van der Waals surface area contributed by atoms with Crippen molar-refractivity contribution >= 4 is 5.78 Å². The topological polar surface area (TPSA) is 37.3 Å². The van der Waals surface area contributed by atoms with Gasteiger partial charge in [-0.25, -0.2) is 0 Å². The van der Waals surface area contributed by atoms with Crippen LogP contribution in [0.3, 0.4) is 0 Å². The minimum atomic E-state index is -0.0478. The summed E-state index contributed by atoms with van der Waals surface area (Å²) >= 11 is 0. The largest absolute Gasteiger partial charge is 0.392 e. The highest BCUT2D eigenvalue weighted by atomic mass is 16.2. The zero-order valence-electron chi connectivity index (χ0n) is 14.3. The van der Waals surface area contributed by atoms with E-state index in [1.807, 2.05) is 0 Å². The number of rotatable bonds is 15. The van der Waals surface area contributed by atoms with Crippen molar-refractivity contribution < 1.29 is 9.90 Å². The summed E-state index contributed by atoms with van der Waals surface area (Å²) in [6.45, 7) is 2.17. The number of aliphatic hydroxyl groups excluding tert-OH is 1. The van der Waals surface area contributed by atoms with Crippen LogP contribution in [0.5, 0.6) is 0 Å². The van der Waals surface area contributed by atoms with E-state index in [4.69, 9.17) is 5.11 Å². The van der Waals surface area contributed by atoms with Crippen molar-refractivity contribution in [1.29, 1.82) is 0 Å². The third-order valence-corrected chi connectivity index (χ3v) is 3.53. The molecular formula is C20H34O2. The lowest BCUT2D eigenvalue weighted by molar-refractivity contribution is -0.114. The molecule has 0 aliphatic rings. The van der Waals surface area contributed by atoms with E-state index in [0.29, 0.717) is 6.42 Å². The lowest BCUT2D eigenvalue weighted by Gasteiger charge is -1.99. The molecule has 0 fully saturated rings. The number of hydrogen-bond acceptors (Lipinski definition) is 2. The van der Waals surface area contributed by atoms with Crippen molar-refractivity contribution in [2.75, 3.05) is 6.61 Å². The van der Waals surface area contributed by atoms with Gasteiger partial charge in [0.15, 0.2) is 5.78 Å². The second-order valence-electron chi connectivity index (χ2n) is 5.68. The molecule has 0 unspecified atom stereocenters. The van der Waals surface area contributed by atoms with E-state index in [-0.39, 0.29) is 12.4 Å². The van der Waals surface area contributed by atoms with Gasteiger partial charge >= 0.3 is 0 Å². The van der Waals surface area contributed by atoms with Crippen molar-refractivity contribution in [3.05, 3.63) is 36.5 Å². The Bertz CT molecular complexity index is 327. The van der Waals surface area contributed by atoms with Gasteiger partial charge in [0.1, 0.15) is 0 Å². The summed E-state index contributed by atoms with van der Waals surface area (Å²) in [7, 11) is 0. The smallest absolute Gasteiger partial charge is 0.155 e. The molecule has 0 aromatic rings. The lowest BCUT2D eigenvalue weighted by Crippen LogP contribution is -1.93. The van der Waals surface area contributed by atoms with Gasteiger partial charge in [-0.15, -0.1) is 0 Å². The third-order valence-electron chi connectivity index (χ3n) is 3.53. The second-order valence-corrected chi connectivity index (χ2v) is 5.68. The van der Waals surface area contributed by atoms with E-state index in [9.17, 15) is 4.79 Å². The summed E-state index contributed by atoms with van der Waals surface area (Å²) in [5.74, 6) is 0.129.